The van der Waals surface area contributed by atoms with E-state index in [9.17, 15) is 19.5 Å². The molecule has 0 bridgehead atoms. The highest BCUT2D eigenvalue weighted by Gasteiger charge is 2.62. The van der Waals surface area contributed by atoms with Gasteiger partial charge in [-0.2, -0.15) is 0 Å². The number of aliphatic hydroxyl groups excluding tert-OH is 1. The molecule has 0 aliphatic carbocycles. The van der Waals surface area contributed by atoms with Gasteiger partial charge in [0.2, 0.25) is 5.91 Å². The molecule has 0 aromatic heterocycles. The van der Waals surface area contributed by atoms with Gasteiger partial charge in [-0.25, -0.2) is 0 Å². The Morgan fingerprint density at radius 3 is 2.31 bits per heavy atom. The minimum Gasteiger partial charge on any atom is -0.382 e. The number of fused-ring (bicyclic) bond motifs is 1. The fraction of sp³-hybridized carbons (Fsp3) is 0.348. The van der Waals surface area contributed by atoms with Crippen LogP contribution in [0.4, 0.5) is 5.69 Å². The van der Waals surface area contributed by atoms with E-state index in [0.29, 0.717) is 16.8 Å². The molecule has 0 radical (unpaired) electrons. The fourth-order valence-corrected chi connectivity index (χ4v) is 4.40. The van der Waals surface area contributed by atoms with E-state index in [-0.39, 0.29) is 5.78 Å². The van der Waals surface area contributed by atoms with Gasteiger partial charge in [-0.1, -0.05) is 49.7 Å². The van der Waals surface area contributed by atoms with E-state index < -0.39 is 29.4 Å². The molecule has 2 aliphatic rings. The third-order valence-electron chi connectivity index (χ3n) is 6.05. The first kappa shape index (κ1) is 19.3. The molecule has 1 saturated heterocycles. The van der Waals surface area contributed by atoms with E-state index in [1.807, 2.05) is 24.3 Å². The molecule has 0 saturated carbocycles. The lowest BCUT2D eigenvalue weighted by Gasteiger charge is -2.34. The van der Waals surface area contributed by atoms with Crippen LogP contribution in [-0.4, -0.2) is 40.8 Å². The molecule has 0 spiro atoms. The van der Waals surface area contributed by atoms with Gasteiger partial charge in [0.25, 0.3) is 5.91 Å². The Balaban J connectivity index is 1.85. The van der Waals surface area contributed by atoms with Gasteiger partial charge in [-0.05, 0) is 36.1 Å². The van der Waals surface area contributed by atoms with Crippen LogP contribution < -0.4 is 5.32 Å². The first-order valence-corrected chi connectivity index (χ1v) is 9.92. The number of anilines is 1. The fourth-order valence-electron chi connectivity index (χ4n) is 4.40. The summed E-state index contributed by atoms with van der Waals surface area (Å²) in [7, 11) is 1.34. The highest BCUT2D eigenvalue weighted by molar-refractivity contribution is 6.18. The molecule has 3 unspecified atom stereocenters. The smallest absolute Gasteiger partial charge is 0.258 e. The number of aliphatic hydroxyl groups is 1. The van der Waals surface area contributed by atoms with Crippen molar-refractivity contribution in [1.29, 1.82) is 0 Å². The molecule has 1 fully saturated rings. The number of benzene rings is 2. The maximum atomic E-state index is 13.6. The number of carbonyl (C=O) groups excluding carboxylic acids is 3. The van der Waals surface area contributed by atoms with E-state index in [4.69, 9.17) is 0 Å². The molecule has 2 amide bonds. The Morgan fingerprint density at radius 1 is 1.03 bits per heavy atom. The van der Waals surface area contributed by atoms with Crippen molar-refractivity contribution < 1.29 is 19.5 Å². The number of para-hydroxylation sites is 1. The largest absolute Gasteiger partial charge is 0.382 e. The molecular formula is C23H24N2O4. The van der Waals surface area contributed by atoms with Crippen LogP contribution in [0.25, 0.3) is 0 Å². The molecule has 2 aromatic rings. The summed E-state index contributed by atoms with van der Waals surface area (Å²) in [4.78, 5) is 39.8. The molecule has 6 heteroatoms. The van der Waals surface area contributed by atoms with Crippen LogP contribution >= 0.6 is 0 Å². The number of imide groups is 1. The highest BCUT2D eigenvalue weighted by Crippen LogP contribution is 2.47. The summed E-state index contributed by atoms with van der Waals surface area (Å²) in [5.41, 5.74) is 1.22. The zero-order chi connectivity index (χ0) is 20.8. The van der Waals surface area contributed by atoms with Crippen LogP contribution in [0.1, 0.15) is 41.3 Å². The number of hydrogen-bond acceptors (Lipinski definition) is 5. The summed E-state index contributed by atoms with van der Waals surface area (Å²) in [6, 6.07) is 14.6. The Labute approximate surface area is 169 Å². The lowest BCUT2D eigenvalue weighted by molar-refractivity contribution is -0.139. The Morgan fingerprint density at radius 2 is 1.72 bits per heavy atom. The normalized spacial score (nSPS) is 26.0. The first-order valence-electron chi connectivity index (χ1n) is 9.92. The van der Waals surface area contributed by atoms with Crippen LogP contribution in [0.5, 0.6) is 0 Å². The standard InChI is InChI=1S/C23H24N2O4/c1-3-4-7-14-10-12-15(13-11-14)23(18-19(26)22(29)25(2)21(18)28)20(27)16-8-5-6-9-17(16)24-23/h5-6,8-13,18-19,24,26H,3-4,7H2,1-2H3. The summed E-state index contributed by atoms with van der Waals surface area (Å²) < 4.78 is 0. The van der Waals surface area contributed by atoms with Crippen molar-refractivity contribution in [1.82, 2.24) is 4.90 Å². The van der Waals surface area contributed by atoms with Crippen LogP contribution in [0, 0.1) is 5.92 Å². The minimum atomic E-state index is -1.59. The van der Waals surface area contributed by atoms with Gasteiger partial charge in [-0.15, -0.1) is 0 Å². The maximum absolute atomic E-state index is 13.6. The van der Waals surface area contributed by atoms with E-state index in [1.165, 1.54) is 7.05 Å². The SMILES string of the molecule is CCCCc1ccc(C2(C3C(=O)N(C)C(=O)C3O)Nc3ccccc3C2=O)cc1. The number of hydrogen-bond donors (Lipinski definition) is 2. The molecule has 29 heavy (non-hydrogen) atoms. The summed E-state index contributed by atoms with van der Waals surface area (Å²) in [6.07, 6.45) is 1.49. The second-order valence-corrected chi connectivity index (χ2v) is 7.77. The van der Waals surface area contributed by atoms with E-state index in [2.05, 4.69) is 12.2 Å². The van der Waals surface area contributed by atoms with Crippen molar-refractivity contribution >= 4 is 23.3 Å². The molecular weight excluding hydrogens is 368 g/mol. The third-order valence-corrected chi connectivity index (χ3v) is 6.05. The number of nitrogens with one attached hydrogen (secondary N) is 1. The zero-order valence-electron chi connectivity index (χ0n) is 16.5. The van der Waals surface area contributed by atoms with Gasteiger partial charge in [0.15, 0.2) is 5.78 Å². The first-order chi connectivity index (χ1) is 13.9. The molecule has 2 aliphatic heterocycles. The van der Waals surface area contributed by atoms with Crippen molar-refractivity contribution in [2.45, 2.75) is 37.8 Å². The van der Waals surface area contributed by atoms with Gasteiger partial charge in [-0.3, -0.25) is 19.3 Å². The second kappa shape index (κ2) is 7.12. The van der Waals surface area contributed by atoms with E-state index in [1.54, 1.807) is 24.3 Å². The Bertz CT molecular complexity index is 985. The predicted molar refractivity (Wildman–Crippen MR) is 108 cm³/mol. The van der Waals surface area contributed by atoms with Crippen LogP contribution in [-0.2, 0) is 21.5 Å². The number of unbranched alkanes of at least 4 members (excludes halogenated alkanes) is 1. The molecule has 4 rings (SSSR count). The molecule has 2 aromatic carbocycles. The number of ketones is 1. The number of rotatable bonds is 5. The zero-order valence-corrected chi connectivity index (χ0v) is 16.5. The van der Waals surface area contributed by atoms with Crippen molar-refractivity contribution in [3.8, 4) is 0 Å². The van der Waals surface area contributed by atoms with Gasteiger partial charge >= 0.3 is 0 Å². The number of nitrogens with zero attached hydrogens (tertiary/aromatic N) is 1. The lowest BCUT2D eigenvalue weighted by atomic mass is 9.73. The predicted octanol–water partition coefficient (Wildman–Crippen LogP) is 2.51. The van der Waals surface area contributed by atoms with E-state index >= 15 is 0 Å². The summed E-state index contributed by atoms with van der Waals surface area (Å²) in [6.45, 7) is 2.13. The van der Waals surface area contributed by atoms with Gasteiger partial charge < -0.3 is 10.4 Å². The van der Waals surface area contributed by atoms with Crippen LogP contribution in [0.3, 0.4) is 0 Å². The number of Topliss-reactive ketones (excluding diaryl/α,β-unsaturated/α-hetero) is 1. The quantitative estimate of drug-likeness (QED) is 0.764. The number of carbonyl (C=O) groups is 3. The summed E-state index contributed by atoms with van der Waals surface area (Å²) >= 11 is 0. The highest BCUT2D eigenvalue weighted by atomic mass is 16.3. The monoisotopic (exact) mass is 392 g/mol. The van der Waals surface area contributed by atoms with Crippen LogP contribution in [0.2, 0.25) is 0 Å². The lowest BCUT2D eigenvalue weighted by Crippen LogP contribution is -2.52. The average molecular weight is 392 g/mol. The van der Waals surface area contributed by atoms with Crippen LogP contribution in [0.15, 0.2) is 48.5 Å². The van der Waals surface area contributed by atoms with Gasteiger partial charge in [0, 0.05) is 18.3 Å². The Kier molecular flexibility index (Phi) is 4.74. The second-order valence-electron chi connectivity index (χ2n) is 7.77. The molecule has 2 heterocycles. The summed E-state index contributed by atoms with van der Waals surface area (Å²) in [5.74, 6) is -2.80. The Hall–Kier alpha value is -2.99. The number of amides is 2. The van der Waals surface area contributed by atoms with Crippen molar-refractivity contribution in [3.05, 3.63) is 65.2 Å². The van der Waals surface area contributed by atoms with Crippen molar-refractivity contribution in [2.75, 3.05) is 12.4 Å². The number of likely N-dealkylation sites (tertiary alicyclic amines) is 1. The number of likely N-dealkylation sites (N-methyl/N-ethyl adjacent to an activating group) is 1. The minimum absolute atomic E-state index is 0.310. The molecule has 2 N–H and O–H groups in total. The number of aryl methyl sites for hydroxylation is 1. The average Bonchev–Trinajstić information content (AvgIpc) is 3.14. The van der Waals surface area contributed by atoms with Crippen molar-refractivity contribution in [2.24, 2.45) is 5.92 Å². The van der Waals surface area contributed by atoms with E-state index in [0.717, 1.165) is 29.7 Å². The molecule has 3 atom stereocenters. The maximum Gasteiger partial charge on any atom is 0.258 e. The van der Waals surface area contributed by atoms with Crippen molar-refractivity contribution in [3.63, 3.8) is 0 Å². The topological polar surface area (TPSA) is 86.7 Å². The summed E-state index contributed by atoms with van der Waals surface area (Å²) in [5, 5.41) is 13.9. The molecule has 6 nitrogen and oxygen atoms in total. The van der Waals surface area contributed by atoms with Gasteiger partial charge in [0.05, 0.1) is 0 Å². The third kappa shape index (κ3) is 2.78. The van der Waals surface area contributed by atoms with Gasteiger partial charge in [0.1, 0.15) is 17.6 Å². The molecule has 150 valence electrons.